The van der Waals surface area contributed by atoms with Crippen LogP contribution in [0.15, 0.2) is 52.1 Å². The van der Waals surface area contributed by atoms with Crippen LogP contribution in [0.3, 0.4) is 0 Å². The van der Waals surface area contributed by atoms with E-state index in [1.54, 1.807) is 18.2 Å². The van der Waals surface area contributed by atoms with Gasteiger partial charge in [-0.1, -0.05) is 17.7 Å². The van der Waals surface area contributed by atoms with Gasteiger partial charge in [0, 0.05) is 24.2 Å². The predicted molar refractivity (Wildman–Crippen MR) is 86.5 cm³/mol. The van der Waals surface area contributed by atoms with E-state index in [0.717, 1.165) is 10.6 Å². The lowest BCUT2D eigenvalue weighted by Crippen LogP contribution is -2.37. The molecule has 116 valence electrons. The van der Waals surface area contributed by atoms with Gasteiger partial charge in [0.05, 0.1) is 21.5 Å². The highest BCUT2D eigenvalue weighted by atomic mass is 35.5. The van der Waals surface area contributed by atoms with E-state index in [0.29, 0.717) is 16.2 Å². The van der Waals surface area contributed by atoms with Crippen LogP contribution < -0.4 is 11.2 Å². The third-order valence-electron chi connectivity index (χ3n) is 3.53. The van der Waals surface area contributed by atoms with E-state index in [4.69, 9.17) is 11.6 Å². The van der Waals surface area contributed by atoms with E-state index in [9.17, 15) is 19.7 Å². The molecule has 3 aromatic rings. The lowest BCUT2D eigenvalue weighted by atomic mass is 10.2. The Balaban J connectivity index is 2.46. The van der Waals surface area contributed by atoms with Gasteiger partial charge in [0.25, 0.3) is 11.2 Å². The molecule has 1 aromatic heterocycles. The van der Waals surface area contributed by atoms with Crippen molar-refractivity contribution in [2.75, 3.05) is 0 Å². The maximum atomic E-state index is 12.7. The summed E-state index contributed by atoms with van der Waals surface area (Å²) in [6, 6.07) is 10.1. The highest BCUT2D eigenvalue weighted by Gasteiger charge is 2.16. The first-order chi connectivity index (χ1) is 10.9. The number of rotatable bonds is 2. The van der Waals surface area contributed by atoms with Gasteiger partial charge in [-0.25, -0.2) is 9.36 Å². The molecule has 2 aromatic carbocycles. The number of nitrogens with zero attached hydrogens (tertiary/aromatic N) is 3. The summed E-state index contributed by atoms with van der Waals surface area (Å²) in [6.45, 7) is 0. The molecule has 0 saturated carbocycles. The van der Waals surface area contributed by atoms with Gasteiger partial charge in [-0.2, -0.15) is 0 Å². The van der Waals surface area contributed by atoms with Gasteiger partial charge >= 0.3 is 5.69 Å². The quantitative estimate of drug-likeness (QED) is 0.532. The number of hydrogen-bond donors (Lipinski definition) is 0. The normalized spacial score (nSPS) is 10.9. The second-order valence-electron chi connectivity index (χ2n) is 4.92. The molecular formula is C15H10ClN3O4. The van der Waals surface area contributed by atoms with Gasteiger partial charge in [-0.15, -0.1) is 0 Å². The average molecular weight is 332 g/mol. The van der Waals surface area contributed by atoms with Crippen LogP contribution in [0.25, 0.3) is 16.6 Å². The number of nitro groups is 1. The summed E-state index contributed by atoms with van der Waals surface area (Å²) < 4.78 is 2.21. The minimum Gasteiger partial charge on any atom is -0.296 e. The second-order valence-corrected chi connectivity index (χ2v) is 5.36. The molecule has 0 amide bonds. The highest BCUT2D eigenvalue weighted by Crippen LogP contribution is 2.18. The predicted octanol–water partition coefficient (Wildman–Crippen LogP) is 2.25. The molecule has 3 rings (SSSR count). The fourth-order valence-electron chi connectivity index (χ4n) is 2.40. The first-order valence-corrected chi connectivity index (χ1v) is 6.94. The average Bonchev–Trinajstić information content (AvgIpc) is 2.52. The van der Waals surface area contributed by atoms with Gasteiger partial charge < -0.3 is 0 Å². The van der Waals surface area contributed by atoms with Crippen molar-refractivity contribution in [3.8, 4) is 5.69 Å². The zero-order valence-electron chi connectivity index (χ0n) is 11.9. The Morgan fingerprint density at radius 1 is 1.13 bits per heavy atom. The van der Waals surface area contributed by atoms with Gasteiger partial charge in [-0.3, -0.25) is 19.5 Å². The molecule has 0 radical (unpaired) electrons. The van der Waals surface area contributed by atoms with Crippen molar-refractivity contribution in [2.45, 2.75) is 0 Å². The molecule has 1 heterocycles. The molecule has 8 heteroatoms. The van der Waals surface area contributed by atoms with Crippen LogP contribution in [-0.4, -0.2) is 14.1 Å². The number of non-ortho nitro benzene ring substituents is 1. The Hall–Kier alpha value is -2.93. The first kappa shape index (κ1) is 15.0. The molecule has 0 unspecified atom stereocenters. The first-order valence-electron chi connectivity index (χ1n) is 6.56. The smallest absolute Gasteiger partial charge is 0.296 e. The van der Waals surface area contributed by atoms with E-state index < -0.39 is 16.2 Å². The van der Waals surface area contributed by atoms with Crippen LogP contribution >= 0.6 is 11.6 Å². The van der Waals surface area contributed by atoms with Gasteiger partial charge in [0.2, 0.25) is 0 Å². The number of benzene rings is 2. The minimum absolute atomic E-state index is 0.0845. The molecule has 0 aliphatic carbocycles. The lowest BCUT2D eigenvalue weighted by molar-refractivity contribution is -0.384. The fraction of sp³-hybridized carbons (Fsp3) is 0.0667. The van der Waals surface area contributed by atoms with E-state index >= 15 is 0 Å². The van der Waals surface area contributed by atoms with E-state index in [1.165, 1.54) is 29.8 Å². The van der Waals surface area contributed by atoms with Crippen LogP contribution in [-0.2, 0) is 7.05 Å². The number of fused-ring (bicyclic) bond motifs is 1. The van der Waals surface area contributed by atoms with Crippen LogP contribution in [0, 0.1) is 10.1 Å². The third kappa shape index (κ3) is 2.40. The monoisotopic (exact) mass is 331 g/mol. The standard InChI is InChI=1S/C15H10ClN3O4/c1-17-13-6-5-11(19(22)23)8-12(13)14(20)18(15(17)21)10-4-2-3-9(16)7-10/h2-8H,1H3. The molecule has 0 aliphatic heterocycles. The van der Waals surface area contributed by atoms with Gasteiger partial charge in [0.15, 0.2) is 0 Å². The Bertz CT molecular complexity index is 1070. The number of nitro benzene ring substituents is 1. The summed E-state index contributed by atoms with van der Waals surface area (Å²) in [5.74, 6) is 0. The second kappa shape index (κ2) is 5.36. The topological polar surface area (TPSA) is 87.1 Å². The van der Waals surface area contributed by atoms with E-state index in [-0.39, 0.29) is 11.1 Å². The molecule has 7 nitrogen and oxygen atoms in total. The number of hydrogen-bond acceptors (Lipinski definition) is 4. The summed E-state index contributed by atoms with van der Waals surface area (Å²) in [6.07, 6.45) is 0. The molecule has 0 fully saturated rings. The Morgan fingerprint density at radius 3 is 2.52 bits per heavy atom. The Kier molecular flexibility index (Phi) is 3.49. The van der Waals surface area contributed by atoms with Crippen molar-refractivity contribution < 1.29 is 4.92 Å². The van der Waals surface area contributed by atoms with Crippen molar-refractivity contribution in [3.63, 3.8) is 0 Å². The zero-order valence-corrected chi connectivity index (χ0v) is 12.6. The number of aromatic nitrogens is 2. The van der Waals surface area contributed by atoms with Gasteiger partial charge in [-0.05, 0) is 24.3 Å². The molecule has 0 atom stereocenters. The molecule has 0 N–H and O–H groups in total. The molecular weight excluding hydrogens is 322 g/mol. The molecule has 0 saturated heterocycles. The third-order valence-corrected chi connectivity index (χ3v) is 3.77. The Labute approximate surface area is 134 Å². The largest absolute Gasteiger partial charge is 0.335 e. The maximum Gasteiger partial charge on any atom is 0.335 e. The zero-order chi connectivity index (χ0) is 16.7. The lowest BCUT2D eigenvalue weighted by Gasteiger charge is -2.10. The maximum absolute atomic E-state index is 12.7. The van der Waals surface area contributed by atoms with Crippen molar-refractivity contribution in [2.24, 2.45) is 7.05 Å². The molecule has 0 spiro atoms. The van der Waals surface area contributed by atoms with Crippen LogP contribution in [0.1, 0.15) is 0 Å². The summed E-state index contributed by atoms with van der Waals surface area (Å²) >= 11 is 5.91. The van der Waals surface area contributed by atoms with Gasteiger partial charge in [0.1, 0.15) is 0 Å². The van der Waals surface area contributed by atoms with Crippen molar-refractivity contribution in [1.29, 1.82) is 0 Å². The van der Waals surface area contributed by atoms with Crippen LogP contribution in [0.4, 0.5) is 5.69 Å². The Morgan fingerprint density at radius 2 is 1.87 bits per heavy atom. The SMILES string of the molecule is Cn1c(=O)n(-c2cccc(Cl)c2)c(=O)c2cc([N+](=O)[O-])ccc21. The van der Waals surface area contributed by atoms with E-state index in [2.05, 4.69) is 0 Å². The summed E-state index contributed by atoms with van der Waals surface area (Å²) in [5, 5.41) is 11.4. The molecule has 23 heavy (non-hydrogen) atoms. The van der Waals surface area contributed by atoms with Crippen molar-refractivity contribution >= 4 is 28.2 Å². The number of halogens is 1. The fourth-order valence-corrected chi connectivity index (χ4v) is 2.59. The molecule has 0 bridgehead atoms. The van der Waals surface area contributed by atoms with Crippen LogP contribution in [0.2, 0.25) is 5.02 Å². The van der Waals surface area contributed by atoms with Crippen LogP contribution in [0.5, 0.6) is 0 Å². The van der Waals surface area contributed by atoms with Crippen molar-refractivity contribution in [1.82, 2.24) is 9.13 Å². The summed E-state index contributed by atoms with van der Waals surface area (Å²) in [4.78, 5) is 35.5. The van der Waals surface area contributed by atoms with E-state index in [1.807, 2.05) is 0 Å². The summed E-state index contributed by atoms with van der Waals surface area (Å²) in [5.41, 5.74) is -0.779. The van der Waals surface area contributed by atoms with Crippen molar-refractivity contribution in [3.05, 3.63) is 78.4 Å². The highest BCUT2D eigenvalue weighted by molar-refractivity contribution is 6.30. The molecule has 0 aliphatic rings. The number of aryl methyl sites for hydroxylation is 1. The minimum atomic E-state index is -0.630. The summed E-state index contributed by atoms with van der Waals surface area (Å²) in [7, 11) is 1.50.